The molecule has 1 heterocycles. The Kier molecular flexibility index (Phi) is 5.91. The third kappa shape index (κ3) is 4.54. The summed E-state index contributed by atoms with van der Waals surface area (Å²) in [5, 5.41) is 0. The Hall–Kier alpha value is -2.67. The minimum absolute atomic E-state index is 0.0852. The Morgan fingerprint density at radius 1 is 1.15 bits per heavy atom. The van der Waals surface area contributed by atoms with Crippen molar-refractivity contribution in [2.75, 3.05) is 20.2 Å². The highest BCUT2D eigenvalue weighted by Gasteiger charge is 2.30. The van der Waals surface area contributed by atoms with E-state index in [0.717, 1.165) is 5.56 Å². The first-order chi connectivity index (χ1) is 13.0. The van der Waals surface area contributed by atoms with Gasteiger partial charge in [0.25, 0.3) is 5.91 Å². The smallest absolute Gasteiger partial charge is 0.387 e. The van der Waals surface area contributed by atoms with Crippen LogP contribution in [0.3, 0.4) is 0 Å². The first kappa shape index (κ1) is 19.1. The van der Waals surface area contributed by atoms with Crippen molar-refractivity contribution in [3.05, 3.63) is 59.7 Å². The van der Waals surface area contributed by atoms with Crippen LogP contribution in [0.15, 0.2) is 48.5 Å². The second-order valence-electron chi connectivity index (χ2n) is 6.30. The fourth-order valence-electron chi connectivity index (χ4n) is 3.15. The van der Waals surface area contributed by atoms with E-state index in [1.807, 2.05) is 37.3 Å². The molecule has 1 amide bonds. The number of carbonyl (C=O) groups is 1. The molecule has 144 valence electrons. The van der Waals surface area contributed by atoms with Gasteiger partial charge in [-0.25, -0.2) is 0 Å². The van der Waals surface area contributed by atoms with E-state index in [4.69, 9.17) is 9.47 Å². The largest absolute Gasteiger partial charge is 0.493 e. The van der Waals surface area contributed by atoms with Gasteiger partial charge in [0, 0.05) is 12.1 Å². The predicted octanol–water partition coefficient (Wildman–Crippen LogP) is 3.90. The normalized spacial score (nSPS) is 19.8. The number of amides is 1. The zero-order valence-corrected chi connectivity index (χ0v) is 15.1. The molecule has 2 aromatic rings. The molecule has 1 aliphatic rings. The van der Waals surface area contributed by atoms with Crippen molar-refractivity contribution in [2.24, 2.45) is 0 Å². The van der Waals surface area contributed by atoms with Gasteiger partial charge >= 0.3 is 6.61 Å². The molecule has 0 aliphatic carbocycles. The summed E-state index contributed by atoms with van der Waals surface area (Å²) in [6.45, 7) is -0.202. The van der Waals surface area contributed by atoms with Gasteiger partial charge in [0.2, 0.25) is 0 Å². The number of benzene rings is 2. The van der Waals surface area contributed by atoms with Gasteiger partial charge in [-0.15, -0.1) is 0 Å². The quantitative estimate of drug-likeness (QED) is 0.793. The molecule has 0 spiro atoms. The van der Waals surface area contributed by atoms with Crippen molar-refractivity contribution < 1.29 is 27.8 Å². The fourth-order valence-corrected chi connectivity index (χ4v) is 3.15. The Balaban J connectivity index is 1.80. The molecule has 5 nitrogen and oxygen atoms in total. The number of nitrogens with zero attached hydrogens (tertiary/aromatic N) is 1. The van der Waals surface area contributed by atoms with Gasteiger partial charge in [0.1, 0.15) is 6.10 Å². The van der Waals surface area contributed by atoms with Crippen LogP contribution in [0.25, 0.3) is 0 Å². The van der Waals surface area contributed by atoms with Crippen LogP contribution in [-0.4, -0.2) is 43.7 Å². The lowest BCUT2D eigenvalue weighted by Crippen LogP contribution is -2.45. The van der Waals surface area contributed by atoms with Crippen molar-refractivity contribution in [1.82, 2.24) is 4.90 Å². The van der Waals surface area contributed by atoms with Crippen LogP contribution in [0, 0.1) is 0 Å². The molecule has 0 saturated carbocycles. The SMILES string of the molecule is COc1cc(C(=O)N2CC(C)OC(c3ccccc3)C2)ccc1OC(F)F. The van der Waals surface area contributed by atoms with E-state index < -0.39 is 6.61 Å². The Morgan fingerprint density at radius 3 is 2.56 bits per heavy atom. The first-order valence-corrected chi connectivity index (χ1v) is 8.60. The highest BCUT2D eigenvalue weighted by molar-refractivity contribution is 5.95. The highest BCUT2D eigenvalue weighted by atomic mass is 19.3. The topological polar surface area (TPSA) is 48.0 Å². The van der Waals surface area contributed by atoms with Crippen LogP contribution in [-0.2, 0) is 4.74 Å². The van der Waals surface area contributed by atoms with Crippen molar-refractivity contribution in [1.29, 1.82) is 0 Å². The van der Waals surface area contributed by atoms with Crippen molar-refractivity contribution in [3.63, 3.8) is 0 Å². The Bertz CT molecular complexity index is 785. The predicted molar refractivity (Wildman–Crippen MR) is 95.3 cm³/mol. The van der Waals surface area contributed by atoms with Gasteiger partial charge in [0.05, 0.1) is 19.8 Å². The minimum Gasteiger partial charge on any atom is -0.493 e. The maximum atomic E-state index is 12.9. The second-order valence-corrected chi connectivity index (χ2v) is 6.30. The Labute approximate surface area is 156 Å². The van der Waals surface area contributed by atoms with Crippen molar-refractivity contribution >= 4 is 5.91 Å². The van der Waals surface area contributed by atoms with Gasteiger partial charge in [-0.05, 0) is 30.7 Å². The highest BCUT2D eigenvalue weighted by Crippen LogP contribution is 2.31. The van der Waals surface area contributed by atoms with E-state index in [-0.39, 0.29) is 29.6 Å². The Morgan fingerprint density at radius 2 is 1.89 bits per heavy atom. The fraction of sp³-hybridized carbons (Fsp3) is 0.350. The molecule has 0 bridgehead atoms. The van der Waals surface area contributed by atoms with Crippen LogP contribution in [0.5, 0.6) is 11.5 Å². The van der Waals surface area contributed by atoms with Gasteiger partial charge < -0.3 is 19.1 Å². The van der Waals surface area contributed by atoms with E-state index in [1.165, 1.54) is 25.3 Å². The monoisotopic (exact) mass is 377 g/mol. The van der Waals surface area contributed by atoms with Crippen LogP contribution in [0.2, 0.25) is 0 Å². The summed E-state index contributed by atoms with van der Waals surface area (Å²) in [5.41, 5.74) is 1.34. The third-order valence-corrected chi connectivity index (χ3v) is 4.35. The molecule has 27 heavy (non-hydrogen) atoms. The van der Waals surface area contributed by atoms with Crippen molar-refractivity contribution in [2.45, 2.75) is 25.7 Å². The number of morpholine rings is 1. The maximum Gasteiger partial charge on any atom is 0.387 e. The summed E-state index contributed by atoms with van der Waals surface area (Å²) in [4.78, 5) is 14.7. The molecule has 7 heteroatoms. The summed E-state index contributed by atoms with van der Waals surface area (Å²) in [7, 11) is 1.34. The molecule has 2 atom stereocenters. The van der Waals surface area contributed by atoms with Gasteiger partial charge in [-0.1, -0.05) is 30.3 Å². The number of methoxy groups -OCH3 is 1. The lowest BCUT2D eigenvalue weighted by molar-refractivity contribution is -0.0692. The minimum atomic E-state index is -2.97. The van der Waals surface area contributed by atoms with Gasteiger partial charge in [-0.2, -0.15) is 8.78 Å². The van der Waals surface area contributed by atoms with Gasteiger partial charge in [-0.3, -0.25) is 4.79 Å². The van der Waals surface area contributed by atoms with Crippen LogP contribution in [0.1, 0.15) is 28.9 Å². The number of rotatable bonds is 5. The van der Waals surface area contributed by atoms with Gasteiger partial charge in [0.15, 0.2) is 11.5 Å². The molecule has 2 unspecified atom stereocenters. The summed E-state index contributed by atoms with van der Waals surface area (Å²) >= 11 is 0. The number of ether oxygens (including phenoxy) is 3. The van der Waals surface area contributed by atoms with E-state index in [2.05, 4.69) is 4.74 Å². The molecule has 1 aliphatic heterocycles. The summed E-state index contributed by atoms with van der Waals surface area (Å²) in [5.74, 6) is -0.239. The average molecular weight is 377 g/mol. The van der Waals surface area contributed by atoms with Crippen LogP contribution >= 0.6 is 0 Å². The third-order valence-electron chi connectivity index (χ3n) is 4.35. The maximum absolute atomic E-state index is 12.9. The molecule has 0 radical (unpaired) electrons. The summed E-state index contributed by atoms with van der Waals surface area (Å²) in [6.07, 6.45) is -0.349. The zero-order chi connectivity index (χ0) is 19.4. The molecule has 1 fully saturated rings. The number of hydrogen-bond acceptors (Lipinski definition) is 4. The number of hydrogen-bond donors (Lipinski definition) is 0. The van der Waals surface area contributed by atoms with E-state index in [9.17, 15) is 13.6 Å². The van der Waals surface area contributed by atoms with E-state index >= 15 is 0 Å². The van der Waals surface area contributed by atoms with Crippen LogP contribution in [0.4, 0.5) is 8.78 Å². The lowest BCUT2D eigenvalue weighted by Gasteiger charge is -2.37. The standard InChI is InChI=1S/C20H21F2NO4/c1-13-11-23(12-18(26-13)14-6-4-3-5-7-14)19(24)15-8-9-16(27-20(21)22)17(10-15)25-2/h3-10,13,18,20H,11-12H2,1-2H3. The van der Waals surface area contributed by atoms with E-state index in [1.54, 1.807) is 4.90 Å². The van der Waals surface area contributed by atoms with E-state index in [0.29, 0.717) is 18.7 Å². The lowest BCUT2D eigenvalue weighted by atomic mass is 10.1. The summed E-state index contributed by atoms with van der Waals surface area (Å²) < 4.78 is 40.4. The molecule has 0 aromatic heterocycles. The van der Waals surface area contributed by atoms with Crippen LogP contribution < -0.4 is 9.47 Å². The number of carbonyl (C=O) groups excluding carboxylic acids is 1. The molecular formula is C20H21F2NO4. The average Bonchev–Trinajstić information content (AvgIpc) is 2.67. The second kappa shape index (κ2) is 8.35. The number of halogens is 2. The zero-order valence-electron chi connectivity index (χ0n) is 15.1. The molecule has 1 saturated heterocycles. The summed E-state index contributed by atoms with van der Waals surface area (Å²) in [6, 6.07) is 13.9. The first-order valence-electron chi connectivity index (χ1n) is 8.60. The molecular weight excluding hydrogens is 356 g/mol. The molecule has 2 aromatic carbocycles. The number of alkyl halides is 2. The molecule has 3 rings (SSSR count). The van der Waals surface area contributed by atoms with Crippen molar-refractivity contribution in [3.8, 4) is 11.5 Å². The molecule has 0 N–H and O–H groups in total.